The van der Waals surface area contributed by atoms with Gasteiger partial charge in [-0.3, -0.25) is 0 Å². The van der Waals surface area contributed by atoms with E-state index in [1.54, 1.807) is 23.9 Å². The van der Waals surface area contributed by atoms with E-state index in [0.717, 1.165) is 44.0 Å². The number of ether oxygens (including phenoxy) is 2. The quantitative estimate of drug-likeness (QED) is 0.648. The Morgan fingerprint density at radius 1 is 1.17 bits per heavy atom. The van der Waals surface area contributed by atoms with E-state index >= 15 is 0 Å². The van der Waals surface area contributed by atoms with Gasteiger partial charge in [0.25, 0.3) is 0 Å². The number of pyridine rings is 1. The summed E-state index contributed by atoms with van der Waals surface area (Å²) in [6.45, 7) is 3.36. The van der Waals surface area contributed by atoms with Gasteiger partial charge >= 0.3 is 0 Å². The number of hydrogen-bond acceptors (Lipinski definition) is 8. The zero-order valence-corrected chi connectivity index (χ0v) is 17.3. The molecule has 3 heterocycles. The van der Waals surface area contributed by atoms with Gasteiger partial charge in [-0.1, -0.05) is 12.1 Å². The smallest absolute Gasteiger partial charge is 0.148 e. The molecule has 0 unspecified atom stereocenters. The van der Waals surface area contributed by atoms with Crippen LogP contribution in [0.3, 0.4) is 0 Å². The van der Waals surface area contributed by atoms with Crippen LogP contribution in [0.1, 0.15) is 17.5 Å². The third-order valence-corrected chi connectivity index (χ3v) is 6.40. The van der Waals surface area contributed by atoms with Crippen molar-refractivity contribution in [1.82, 2.24) is 4.98 Å². The third kappa shape index (κ3) is 4.08. The molecular formula is C22H22N4O3S. The van der Waals surface area contributed by atoms with E-state index in [0.29, 0.717) is 39.2 Å². The molecule has 0 radical (unpaired) electrons. The summed E-state index contributed by atoms with van der Waals surface area (Å²) in [5.41, 5.74) is 2.27. The molecule has 8 heteroatoms. The molecule has 1 aromatic carbocycles. The molecule has 4 rings (SSSR count). The number of aliphatic hydroxyl groups is 1. The summed E-state index contributed by atoms with van der Waals surface area (Å²) in [5.74, 6) is 2.59. The number of thioether (sulfide) groups is 1. The van der Waals surface area contributed by atoms with Crippen LogP contribution in [-0.4, -0.2) is 55.4 Å². The molecule has 0 amide bonds. The Morgan fingerprint density at radius 2 is 1.90 bits per heavy atom. The Hall–Kier alpha value is -2.78. The van der Waals surface area contributed by atoms with Gasteiger partial charge in [0.15, 0.2) is 0 Å². The Morgan fingerprint density at radius 3 is 2.43 bits per heavy atom. The van der Waals surface area contributed by atoms with Gasteiger partial charge in [-0.05, 0) is 24.1 Å². The van der Waals surface area contributed by atoms with Crippen LogP contribution in [-0.2, 0) is 4.74 Å². The monoisotopic (exact) mass is 422 g/mol. The first kappa shape index (κ1) is 20.5. The Bertz CT molecular complexity index is 989. The van der Waals surface area contributed by atoms with E-state index in [4.69, 9.17) is 19.6 Å². The van der Waals surface area contributed by atoms with Crippen molar-refractivity contribution in [2.75, 3.05) is 50.2 Å². The van der Waals surface area contributed by atoms with Crippen LogP contribution < -0.4 is 9.64 Å². The summed E-state index contributed by atoms with van der Waals surface area (Å²) < 4.78 is 10.7. The lowest BCUT2D eigenvalue weighted by Crippen LogP contribution is -2.38. The average molecular weight is 423 g/mol. The van der Waals surface area contributed by atoms with Crippen LogP contribution in [0.5, 0.6) is 5.75 Å². The molecule has 2 aliphatic rings. The average Bonchev–Trinajstić information content (AvgIpc) is 2.69. The predicted octanol–water partition coefficient (Wildman–Crippen LogP) is 2.81. The summed E-state index contributed by atoms with van der Waals surface area (Å²) in [6.07, 6.45) is 1.07. The number of benzene rings is 1. The van der Waals surface area contributed by atoms with Gasteiger partial charge in [0.05, 0.1) is 25.4 Å². The van der Waals surface area contributed by atoms with Gasteiger partial charge in [0.2, 0.25) is 0 Å². The van der Waals surface area contributed by atoms with E-state index in [2.05, 4.69) is 17.0 Å². The van der Waals surface area contributed by atoms with Crippen LogP contribution in [0, 0.1) is 28.6 Å². The number of anilines is 1. The highest BCUT2D eigenvalue weighted by atomic mass is 32.2. The van der Waals surface area contributed by atoms with Crippen molar-refractivity contribution in [2.45, 2.75) is 11.4 Å². The second-order valence-corrected chi connectivity index (χ2v) is 8.25. The van der Waals surface area contributed by atoms with Gasteiger partial charge in [-0.15, -0.1) is 11.8 Å². The number of aromatic nitrogens is 1. The lowest BCUT2D eigenvalue weighted by molar-refractivity contribution is -0.0196. The molecule has 7 nitrogen and oxygen atoms in total. The largest absolute Gasteiger partial charge is 0.491 e. The number of nitrogens with zero attached hydrogens (tertiary/aromatic N) is 4. The molecule has 2 aliphatic heterocycles. The van der Waals surface area contributed by atoms with Crippen molar-refractivity contribution >= 4 is 17.6 Å². The number of nitriles is 2. The minimum absolute atomic E-state index is 0.0604. The maximum Gasteiger partial charge on any atom is 0.148 e. The van der Waals surface area contributed by atoms with Crippen LogP contribution in [0.15, 0.2) is 29.3 Å². The van der Waals surface area contributed by atoms with Gasteiger partial charge in [0, 0.05) is 30.3 Å². The summed E-state index contributed by atoms with van der Waals surface area (Å²) in [5, 5.41) is 29.6. The highest BCUT2D eigenvalue weighted by Crippen LogP contribution is 2.39. The molecule has 154 valence electrons. The van der Waals surface area contributed by atoms with Crippen LogP contribution in [0.4, 0.5) is 5.82 Å². The molecule has 0 saturated carbocycles. The van der Waals surface area contributed by atoms with Gasteiger partial charge in [0.1, 0.15) is 40.9 Å². The Kier molecular flexibility index (Phi) is 6.39. The highest BCUT2D eigenvalue weighted by molar-refractivity contribution is 7.99. The summed E-state index contributed by atoms with van der Waals surface area (Å²) in [4.78, 5) is 6.86. The first-order chi connectivity index (χ1) is 14.7. The maximum atomic E-state index is 9.98. The van der Waals surface area contributed by atoms with E-state index in [-0.39, 0.29) is 13.2 Å². The Labute approximate surface area is 179 Å². The lowest BCUT2D eigenvalue weighted by Gasteiger charge is -2.34. The fourth-order valence-corrected chi connectivity index (χ4v) is 4.40. The van der Waals surface area contributed by atoms with Crippen LogP contribution in [0.25, 0.3) is 11.1 Å². The molecule has 0 atom stereocenters. The summed E-state index contributed by atoms with van der Waals surface area (Å²) in [7, 11) is 0. The second kappa shape index (κ2) is 9.36. The highest BCUT2D eigenvalue weighted by Gasteiger charge is 2.28. The normalized spacial score (nSPS) is 15.6. The topological polar surface area (TPSA) is 102 Å². The molecule has 0 aliphatic carbocycles. The maximum absolute atomic E-state index is 9.98. The summed E-state index contributed by atoms with van der Waals surface area (Å²) in [6, 6.07) is 11.9. The van der Waals surface area contributed by atoms with Crippen molar-refractivity contribution in [3.63, 3.8) is 0 Å². The molecule has 2 fully saturated rings. The fourth-order valence-electron chi connectivity index (χ4n) is 3.37. The van der Waals surface area contributed by atoms with Crippen LogP contribution in [0.2, 0.25) is 0 Å². The molecule has 2 aromatic rings. The SMILES string of the molecule is N#Cc1c(SCC2COC2)nc(N2CCC2)c(C#N)c1-c1ccc(OCCO)cc1. The molecule has 30 heavy (non-hydrogen) atoms. The minimum Gasteiger partial charge on any atom is -0.491 e. The number of hydrogen-bond donors (Lipinski definition) is 1. The van der Waals surface area contributed by atoms with Crippen molar-refractivity contribution in [2.24, 2.45) is 5.92 Å². The predicted molar refractivity (Wildman–Crippen MR) is 114 cm³/mol. The number of rotatable bonds is 8. The van der Waals surface area contributed by atoms with E-state index in [9.17, 15) is 10.5 Å². The zero-order valence-electron chi connectivity index (χ0n) is 16.5. The molecule has 0 bridgehead atoms. The second-order valence-electron chi connectivity index (χ2n) is 7.24. The zero-order chi connectivity index (χ0) is 20.9. The van der Waals surface area contributed by atoms with E-state index in [1.165, 1.54) is 0 Å². The first-order valence-corrected chi connectivity index (χ1v) is 10.9. The van der Waals surface area contributed by atoms with Gasteiger partial charge in [-0.2, -0.15) is 10.5 Å². The van der Waals surface area contributed by atoms with Gasteiger partial charge in [-0.25, -0.2) is 4.98 Å². The molecule has 1 N–H and O–H groups in total. The third-order valence-electron chi connectivity index (χ3n) is 5.19. The fraction of sp³-hybridized carbons (Fsp3) is 0.409. The lowest BCUT2D eigenvalue weighted by atomic mass is 9.96. The Balaban J connectivity index is 1.77. The van der Waals surface area contributed by atoms with E-state index in [1.807, 2.05) is 12.1 Å². The molecule has 2 saturated heterocycles. The van der Waals surface area contributed by atoms with Crippen molar-refractivity contribution < 1.29 is 14.6 Å². The van der Waals surface area contributed by atoms with Crippen molar-refractivity contribution in [3.8, 4) is 29.0 Å². The number of aliphatic hydroxyl groups excluding tert-OH is 1. The van der Waals surface area contributed by atoms with Crippen molar-refractivity contribution in [1.29, 1.82) is 10.5 Å². The van der Waals surface area contributed by atoms with Crippen LogP contribution >= 0.6 is 11.8 Å². The molecule has 0 spiro atoms. The van der Waals surface area contributed by atoms with Crippen molar-refractivity contribution in [3.05, 3.63) is 35.4 Å². The molecular weight excluding hydrogens is 400 g/mol. The minimum atomic E-state index is -0.0604. The molecule has 1 aromatic heterocycles. The standard InChI is InChI=1S/C22H22N4O3S/c23-10-18-20(16-2-4-17(5-3-16)29-9-8-27)19(11-24)22(30-14-15-12-28-13-15)25-21(18)26-6-1-7-26/h2-5,15,27H,1,6-9,12-14H2. The van der Waals surface area contributed by atoms with E-state index < -0.39 is 0 Å². The first-order valence-electron chi connectivity index (χ1n) is 9.93. The summed E-state index contributed by atoms with van der Waals surface area (Å²) >= 11 is 1.56. The van der Waals surface area contributed by atoms with Gasteiger partial charge < -0.3 is 19.5 Å².